The minimum atomic E-state index is -0.0420. The van der Waals surface area contributed by atoms with Gasteiger partial charge in [0.1, 0.15) is 12.0 Å². The standard InChI is InChI=1S/C10H13N3O/c14-13-9-6-7-11-10(12-9)8-4-2-1-3-5-8/h1-5,10-11,14H,6-7H2,(H,12,13). The smallest absolute Gasteiger partial charge is 0.127 e. The first-order valence-electron chi connectivity index (χ1n) is 4.65. The van der Waals surface area contributed by atoms with E-state index in [4.69, 9.17) is 5.21 Å². The molecular weight excluding hydrogens is 178 g/mol. The molecule has 0 saturated carbocycles. The molecule has 0 amide bonds. The molecule has 1 unspecified atom stereocenters. The molecule has 3 N–H and O–H groups in total. The molecule has 0 radical (unpaired) electrons. The molecule has 1 aliphatic heterocycles. The Labute approximate surface area is 82.6 Å². The normalized spacial score (nSPS) is 21.5. The summed E-state index contributed by atoms with van der Waals surface area (Å²) in [6.45, 7) is 0.825. The van der Waals surface area contributed by atoms with Crippen molar-refractivity contribution in [1.29, 1.82) is 0 Å². The van der Waals surface area contributed by atoms with Gasteiger partial charge < -0.3 is 0 Å². The zero-order valence-corrected chi connectivity index (χ0v) is 7.77. The van der Waals surface area contributed by atoms with Crippen molar-refractivity contribution in [2.45, 2.75) is 12.6 Å². The highest BCUT2D eigenvalue weighted by Gasteiger charge is 2.14. The highest BCUT2D eigenvalue weighted by atomic mass is 16.5. The summed E-state index contributed by atoms with van der Waals surface area (Å²) >= 11 is 0. The van der Waals surface area contributed by atoms with Crippen molar-refractivity contribution in [2.24, 2.45) is 4.99 Å². The van der Waals surface area contributed by atoms with Gasteiger partial charge in [0, 0.05) is 13.0 Å². The largest absolute Gasteiger partial charge is 0.291 e. The van der Waals surface area contributed by atoms with Crippen LogP contribution in [0.5, 0.6) is 0 Å². The van der Waals surface area contributed by atoms with Crippen LogP contribution in [0.1, 0.15) is 18.2 Å². The molecule has 1 aromatic rings. The minimum Gasteiger partial charge on any atom is -0.291 e. The van der Waals surface area contributed by atoms with Crippen LogP contribution < -0.4 is 10.8 Å². The maximum absolute atomic E-state index is 8.75. The van der Waals surface area contributed by atoms with E-state index in [-0.39, 0.29) is 6.17 Å². The van der Waals surface area contributed by atoms with Gasteiger partial charge in [0.15, 0.2) is 0 Å². The molecule has 0 bridgehead atoms. The first kappa shape index (κ1) is 9.18. The van der Waals surface area contributed by atoms with E-state index in [1.54, 1.807) is 0 Å². The van der Waals surface area contributed by atoms with Crippen molar-refractivity contribution in [1.82, 2.24) is 10.8 Å². The number of nitrogens with zero attached hydrogens (tertiary/aromatic N) is 1. The average Bonchev–Trinajstić information content (AvgIpc) is 2.30. The molecule has 0 fully saturated rings. The highest BCUT2D eigenvalue weighted by molar-refractivity contribution is 5.82. The van der Waals surface area contributed by atoms with Crippen molar-refractivity contribution >= 4 is 5.84 Å². The third-order valence-corrected chi connectivity index (χ3v) is 2.23. The zero-order chi connectivity index (χ0) is 9.80. The van der Waals surface area contributed by atoms with Crippen LogP contribution in [0.4, 0.5) is 0 Å². The first-order valence-corrected chi connectivity index (χ1v) is 4.65. The molecule has 0 aromatic heterocycles. The summed E-state index contributed by atoms with van der Waals surface area (Å²) in [4.78, 5) is 4.31. The number of hydrogen-bond acceptors (Lipinski definition) is 4. The predicted octanol–water partition coefficient (Wildman–Crippen LogP) is 1.06. The lowest BCUT2D eigenvalue weighted by Gasteiger charge is -2.21. The van der Waals surface area contributed by atoms with E-state index < -0.39 is 0 Å². The summed E-state index contributed by atoms with van der Waals surface area (Å²) in [5, 5.41) is 12.0. The van der Waals surface area contributed by atoms with E-state index in [0.29, 0.717) is 5.84 Å². The second-order valence-corrected chi connectivity index (χ2v) is 3.20. The third kappa shape index (κ3) is 1.92. The van der Waals surface area contributed by atoms with E-state index in [1.807, 2.05) is 30.3 Å². The zero-order valence-electron chi connectivity index (χ0n) is 7.77. The van der Waals surface area contributed by atoms with E-state index in [9.17, 15) is 0 Å². The highest BCUT2D eigenvalue weighted by Crippen LogP contribution is 2.16. The summed E-state index contributed by atoms with van der Waals surface area (Å²) in [7, 11) is 0. The van der Waals surface area contributed by atoms with Crippen molar-refractivity contribution in [3.8, 4) is 0 Å². The van der Waals surface area contributed by atoms with Gasteiger partial charge in [-0.2, -0.15) is 0 Å². The Kier molecular flexibility index (Phi) is 2.76. The lowest BCUT2D eigenvalue weighted by molar-refractivity contribution is 0.228. The number of aliphatic imine (C=N–C) groups is 1. The van der Waals surface area contributed by atoms with Gasteiger partial charge in [0.05, 0.1) is 0 Å². The van der Waals surface area contributed by atoms with Crippen LogP contribution in [0.3, 0.4) is 0 Å². The van der Waals surface area contributed by atoms with E-state index in [2.05, 4.69) is 15.8 Å². The Hall–Kier alpha value is -1.39. The molecule has 0 aliphatic carbocycles. The van der Waals surface area contributed by atoms with Gasteiger partial charge in [-0.05, 0) is 5.56 Å². The lowest BCUT2D eigenvalue weighted by atomic mass is 10.1. The predicted molar refractivity (Wildman–Crippen MR) is 54.2 cm³/mol. The topological polar surface area (TPSA) is 56.6 Å². The van der Waals surface area contributed by atoms with Crippen LogP contribution in [0.25, 0.3) is 0 Å². The summed E-state index contributed by atoms with van der Waals surface area (Å²) in [5.41, 5.74) is 3.22. The fraction of sp³-hybridized carbons (Fsp3) is 0.300. The quantitative estimate of drug-likeness (QED) is 0.582. The molecule has 2 rings (SSSR count). The summed E-state index contributed by atoms with van der Waals surface area (Å²) < 4.78 is 0. The third-order valence-electron chi connectivity index (χ3n) is 2.23. The summed E-state index contributed by atoms with van der Waals surface area (Å²) in [6, 6.07) is 9.96. The molecule has 74 valence electrons. The Morgan fingerprint density at radius 3 is 2.86 bits per heavy atom. The molecule has 0 spiro atoms. The lowest BCUT2D eigenvalue weighted by Crippen LogP contribution is -2.34. The summed E-state index contributed by atoms with van der Waals surface area (Å²) in [5.74, 6) is 0.637. The average molecular weight is 191 g/mol. The molecule has 14 heavy (non-hydrogen) atoms. The monoisotopic (exact) mass is 191 g/mol. The molecule has 0 saturated heterocycles. The van der Waals surface area contributed by atoms with Crippen molar-refractivity contribution in [2.75, 3.05) is 6.54 Å². The van der Waals surface area contributed by atoms with Crippen LogP contribution in [-0.2, 0) is 0 Å². The van der Waals surface area contributed by atoms with Crippen LogP contribution in [0.15, 0.2) is 35.3 Å². The maximum atomic E-state index is 8.75. The van der Waals surface area contributed by atoms with Crippen LogP contribution in [0, 0.1) is 0 Å². The van der Waals surface area contributed by atoms with Gasteiger partial charge in [0.2, 0.25) is 0 Å². The maximum Gasteiger partial charge on any atom is 0.127 e. The Morgan fingerprint density at radius 2 is 2.14 bits per heavy atom. The number of amidine groups is 1. The fourth-order valence-electron chi connectivity index (χ4n) is 1.51. The molecular formula is C10H13N3O. The SMILES string of the molecule is ONC1=NC(c2ccccc2)NCC1. The molecule has 4 heteroatoms. The summed E-state index contributed by atoms with van der Waals surface area (Å²) in [6.07, 6.45) is 0.694. The van der Waals surface area contributed by atoms with E-state index in [0.717, 1.165) is 18.5 Å². The van der Waals surface area contributed by atoms with Gasteiger partial charge in [-0.3, -0.25) is 16.0 Å². The number of hydroxylamine groups is 1. The van der Waals surface area contributed by atoms with Crippen LogP contribution in [-0.4, -0.2) is 17.6 Å². The number of rotatable bonds is 1. The van der Waals surface area contributed by atoms with Crippen molar-refractivity contribution in [3.05, 3.63) is 35.9 Å². The number of nitrogens with one attached hydrogen (secondary N) is 2. The second kappa shape index (κ2) is 4.21. The minimum absolute atomic E-state index is 0.0420. The van der Waals surface area contributed by atoms with Crippen molar-refractivity contribution in [3.63, 3.8) is 0 Å². The van der Waals surface area contributed by atoms with Gasteiger partial charge in [0.25, 0.3) is 0 Å². The van der Waals surface area contributed by atoms with E-state index in [1.165, 1.54) is 0 Å². The van der Waals surface area contributed by atoms with E-state index >= 15 is 0 Å². The Bertz CT molecular complexity index is 323. The van der Waals surface area contributed by atoms with Gasteiger partial charge in [-0.25, -0.2) is 4.99 Å². The first-order chi connectivity index (χ1) is 6.90. The molecule has 1 aromatic carbocycles. The van der Waals surface area contributed by atoms with Crippen LogP contribution >= 0.6 is 0 Å². The van der Waals surface area contributed by atoms with Gasteiger partial charge in [-0.15, -0.1) is 0 Å². The number of benzene rings is 1. The molecule has 1 atom stereocenters. The second-order valence-electron chi connectivity index (χ2n) is 3.20. The molecule has 4 nitrogen and oxygen atoms in total. The molecule has 1 aliphatic rings. The van der Waals surface area contributed by atoms with Gasteiger partial charge in [-0.1, -0.05) is 30.3 Å². The molecule has 1 heterocycles. The van der Waals surface area contributed by atoms with Crippen molar-refractivity contribution < 1.29 is 5.21 Å². The Morgan fingerprint density at radius 1 is 1.36 bits per heavy atom. The Balaban J connectivity index is 2.19. The van der Waals surface area contributed by atoms with Gasteiger partial charge >= 0.3 is 0 Å². The number of hydrogen-bond donors (Lipinski definition) is 3. The fourth-order valence-corrected chi connectivity index (χ4v) is 1.51. The van der Waals surface area contributed by atoms with Crippen LogP contribution in [0.2, 0.25) is 0 Å².